The van der Waals surface area contributed by atoms with Gasteiger partial charge in [-0.25, -0.2) is 0 Å². The summed E-state index contributed by atoms with van der Waals surface area (Å²) >= 11 is 0. The molecule has 0 fully saturated rings. The van der Waals surface area contributed by atoms with Crippen LogP contribution in [-0.4, -0.2) is 18.0 Å². The van der Waals surface area contributed by atoms with Gasteiger partial charge in [0.25, 0.3) is 5.91 Å². The highest BCUT2D eigenvalue weighted by Crippen LogP contribution is 2.22. The molecular formula is C19H20N2O3. The molecule has 5 heteroatoms. The minimum absolute atomic E-state index is 0.143. The SMILES string of the molecule is COc1ccc2cc(C(=O)NCc3cc(C)oc3C)c(C)nc2c1. The van der Waals surface area contributed by atoms with Gasteiger partial charge in [0.15, 0.2) is 0 Å². The molecule has 5 nitrogen and oxygen atoms in total. The number of methoxy groups -OCH3 is 1. The predicted molar refractivity (Wildman–Crippen MR) is 92.4 cm³/mol. The van der Waals surface area contributed by atoms with E-state index < -0.39 is 0 Å². The second kappa shape index (κ2) is 6.35. The minimum Gasteiger partial charge on any atom is -0.497 e. The first-order valence-corrected chi connectivity index (χ1v) is 7.77. The summed E-state index contributed by atoms with van der Waals surface area (Å²) in [6.45, 7) is 6.05. The number of hydrogen-bond acceptors (Lipinski definition) is 4. The first-order valence-electron chi connectivity index (χ1n) is 7.77. The Hall–Kier alpha value is -2.82. The van der Waals surface area contributed by atoms with Crippen molar-refractivity contribution < 1.29 is 13.9 Å². The molecule has 2 heterocycles. The second-order valence-electron chi connectivity index (χ2n) is 5.80. The molecule has 1 aromatic carbocycles. The van der Waals surface area contributed by atoms with Crippen molar-refractivity contribution in [3.8, 4) is 5.75 Å². The van der Waals surface area contributed by atoms with Crippen LogP contribution in [0.5, 0.6) is 5.75 Å². The number of nitrogens with one attached hydrogen (secondary N) is 1. The molecule has 0 radical (unpaired) electrons. The van der Waals surface area contributed by atoms with E-state index in [9.17, 15) is 4.79 Å². The zero-order chi connectivity index (χ0) is 17.3. The van der Waals surface area contributed by atoms with E-state index in [1.165, 1.54) is 0 Å². The molecule has 1 N–H and O–H groups in total. The highest BCUT2D eigenvalue weighted by atomic mass is 16.5. The number of aryl methyl sites for hydroxylation is 3. The Morgan fingerprint density at radius 2 is 2.00 bits per heavy atom. The van der Waals surface area contributed by atoms with E-state index in [1.807, 2.05) is 51.1 Å². The molecule has 1 amide bonds. The Kier molecular flexibility index (Phi) is 4.25. The quantitative estimate of drug-likeness (QED) is 0.795. The first-order chi connectivity index (χ1) is 11.5. The maximum absolute atomic E-state index is 12.5. The molecule has 0 atom stereocenters. The van der Waals surface area contributed by atoms with Gasteiger partial charge in [-0.15, -0.1) is 0 Å². The van der Waals surface area contributed by atoms with Crippen LogP contribution in [0.1, 0.15) is 33.1 Å². The standard InChI is InChI=1S/C19H20N2O3/c1-11-7-15(13(3)24-11)10-20-19(22)17-8-14-5-6-16(23-4)9-18(14)21-12(17)2/h5-9H,10H2,1-4H3,(H,20,22). The highest BCUT2D eigenvalue weighted by molar-refractivity contribution is 5.98. The molecule has 0 aliphatic heterocycles. The lowest BCUT2D eigenvalue weighted by Crippen LogP contribution is -2.24. The summed E-state index contributed by atoms with van der Waals surface area (Å²) in [5.74, 6) is 2.27. The van der Waals surface area contributed by atoms with Crippen molar-refractivity contribution in [1.82, 2.24) is 10.3 Å². The molecule has 124 valence electrons. The van der Waals surface area contributed by atoms with Gasteiger partial charge in [0, 0.05) is 23.6 Å². The number of fused-ring (bicyclic) bond motifs is 1. The number of nitrogens with zero attached hydrogens (tertiary/aromatic N) is 1. The van der Waals surface area contributed by atoms with Crippen LogP contribution in [-0.2, 0) is 6.54 Å². The van der Waals surface area contributed by atoms with Crippen molar-refractivity contribution in [2.75, 3.05) is 7.11 Å². The zero-order valence-electron chi connectivity index (χ0n) is 14.3. The number of amides is 1. The fourth-order valence-corrected chi connectivity index (χ4v) is 2.73. The Labute approximate surface area is 140 Å². The molecule has 0 saturated heterocycles. The molecule has 0 aliphatic rings. The molecule has 0 bridgehead atoms. The largest absolute Gasteiger partial charge is 0.497 e. The van der Waals surface area contributed by atoms with E-state index >= 15 is 0 Å². The van der Waals surface area contributed by atoms with Crippen LogP contribution >= 0.6 is 0 Å². The Bertz CT molecular complexity index is 912. The van der Waals surface area contributed by atoms with Crippen molar-refractivity contribution in [2.45, 2.75) is 27.3 Å². The Morgan fingerprint density at radius 1 is 1.21 bits per heavy atom. The maximum Gasteiger partial charge on any atom is 0.253 e. The van der Waals surface area contributed by atoms with Gasteiger partial charge in [0.05, 0.1) is 23.9 Å². The van der Waals surface area contributed by atoms with E-state index in [0.717, 1.165) is 33.7 Å². The van der Waals surface area contributed by atoms with Crippen LogP contribution in [0, 0.1) is 20.8 Å². The molecular weight excluding hydrogens is 304 g/mol. The summed E-state index contributed by atoms with van der Waals surface area (Å²) < 4.78 is 10.7. The number of aromatic nitrogens is 1. The molecule has 0 spiro atoms. The summed E-state index contributed by atoms with van der Waals surface area (Å²) in [6, 6.07) is 9.43. The summed E-state index contributed by atoms with van der Waals surface area (Å²) in [6.07, 6.45) is 0. The van der Waals surface area contributed by atoms with E-state index in [2.05, 4.69) is 10.3 Å². The third-order valence-electron chi connectivity index (χ3n) is 4.04. The summed E-state index contributed by atoms with van der Waals surface area (Å²) in [7, 11) is 1.62. The van der Waals surface area contributed by atoms with Crippen LogP contribution in [0.3, 0.4) is 0 Å². The summed E-state index contributed by atoms with van der Waals surface area (Å²) in [5, 5.41) is 3.84. The summed E-state index contributed by atoms with van der Waals surface area (Å²) in [4.78, 5) is 17.0. The molecule has 24 heavy (non-hydrogen) atoms. The lowest BCUT2D eigenvalue weighted by molar-refractivity contribution is 0.0950. The predicted octanol–water partition coefficient (Wildman–Crippen LogP) is 3.69. The monoisotopic (exact) mass is 324 g/mol. The smallest absolute Gasteiger partial charge is 0.253 e. The van der Waals surface area contributed by atoms with E-state index in [1.54, 1.807) is 7.11 Å². The molecule has 0 unspecified atom stereocenters. The normalized spacial score (nSPS) is 10.8. The molecule has 3 aromatic rings. The average molecular weight is 324 g/mol. The second-order valence-corrected chi connectivity index (χ2v) is 5.80. The van der Waals surface area contributed by atoms with E-state index in [0.29, 0.717) is 17.8 Å². The third kappa shape index (κ3) is 3.11. The first kappa shape index (κ1) is 16.1. The van der Waals surface area contributed by atoms with Crippen molar-refractivity contribution in [1.29, 1.82) is 0 Å². The number of hydrogen-bond donors (Lipinski definition) is 1. The topological polar surface area (TPSA) is 64.4 Å². The summed E-state index contributed by atoms with van der Waals surface area (Å²) in [5.41, 5.74) is 3.06. The van der Waals surface area contributed by atoms with Gasteiger partial charge < -0.3 is 14.5 Å². The van der Waals surface area contributed by atoms with Crippen molar-refractivity contribution in [3.05, 3.63) is 58.7 Å². The van der Waals surface area contributed by atoms with Gasteiger partial charge in [0.2, 0.25) is 0 Å². The number of carbonyl (C=O) groups is 1. The number of rotatable bonds is 4. The van der Waals surface area contributed by atoms with E-state index in [4.69, 9.17) is 9.15 Å². The van der Waals surface area contributed by atoms with Crippen molar-refractivity contribution in [3.63, 3.8) is 0 Å². The van der Waals surface area contributed by atoms with Crippen LogP contribution < -0.4 is 10.1 Å². The average Bonchev–Trinajstić information content (AvgIpc) is 2.88. The Balaban J connectivity index is 1.84. The van der Waals surface area contributed by atoms with Crippen molar-refractivity contribution in [2.24, 2.45) is 0 Å². The van der Waals surface area contributed by atoms with Crippen molar-refractivity contribution >= 4 is 16.8 Å². The highest BCUT2D eigenvalue weighted by Gasteiger charge is 2.13. The fourth-order valence-electron chi connectivity index (χ4n) is 2.73. The number of furan rings is 1. The lowest BCUT2D eigenvalue weighted by atomic mass is 10.1. The van der Waals surface area contributed by atoms with Crippen LogP contribution in [0.25, 0.3) is 10.9 Å². The number of benzene rings is 1. The van der Waals surface area contributed by atoms with Crippen LogP contribution in [0.2, 0.25) is 0 Å². The number of ether oxygens (including phenoxy) is 1. The number of pyridine rings is 1. The van der Waals surface area contributed by atoms with Gasteiger partial charge in [-0.1, -0.05) is 0 Å². The molecule has 3 rings (SSSR count). The van der Waals surface area contributed by atoms with Gasteiger partial charge in [-0.2, -0.15) is 0 Å². The minimum atomic E-state index is -0.143. The van der Waals surface area contributed by atoms with E-state index in [-0.39, 0.29) is 5.91 Å². The van der Waals surface area contributed by atoms with Crippen LogP contribution in [0.15, 0.2) is 34.7 Å². The number of carbonyl (C=O) groups excluding carboxylic acids is 1. The Morgan fingerprint density at radius 3 is 2.67 bits per heavy atom. The van der Waals surface area contributed by atoms with Crippen LogP contribution in [0.4, 0.5) is 0 Å². The maximum atomic E-state index is 12.5. The van der Waals surface area contributed by atoms with Gasteiger partial charge in [-0.3, -0.25) is 9.78 Å². The zero-order valence-corrected chi connectivity index (χ0v) is 14.3. The molecule has 0 aliphatic carbocycles. The lowest BCUT2D eigenvalue weighted by Gasteiger charge is -2.09. The molecule has 0 saturated carbocycles. The van der Waals surface area contributed by atoms with Gasteiger partial charge >= 0.3 is 0 Å². The fraction of sp³-hybridized carbons (Fsp3) is 0.263. The van der Waals surface area contributed by atoms with Gasteiger partial charge in [-0.05, 0) is 45.0 Å². The van der Waals surface area contributed by atoms with Gasteiger partial charge in [0.1, 0.15) is 17.3 Å². The third-order valence-corrected chi connectivity index (χ3v) is 4.04. The molecule has 2 aromatic heterocycles.